The Morgan fingerprint density at radius 3 is 2.36 bits per heavy atom. The smallest absolute Gasteiger partial charge is 0.183 e. The van der Waals surface area contributed by atoms with Gasteiger partial charge in [-0.2, -0.15) is 0 Å². The summed E-state index contributed by atoms with van der Waals surface area (Å²) in [6.45, 7) is 2.51. The van der Waals surface area contributed by atoms with Crippen molar-refractivity contribution in [2.24, 2.45) is 0 Å². The normalized spacial score (nSPS) is 13.0. The zero-order valence-electron chi connectivity index (χ0n) is 12.2. The van der Waals surface area contributed by atoms with E-state index in [-0.39, 0.29) is 11.8 Å². The molecule has 0 aliphatic heterocycles. The molecule has 0 saturated carbocycles. The highest BCUT2D eigenvalue weighted by Crippen LogP contribution is 2.16. The van der Waals surface area contributed by atoms with Gasteiger partial charge in [0.2, 0.25) is 0 Å². The highest BCUT2D eigenvalue weighted by Gasteiger charge is 2.16. The first-order valence-corrected chi connectivity index (χ1v) is 9.36. The van der Waals surface area contributed by atoms with Crippen LogP contribution in [0.25, 0.3) is 0 Å². The molecule has 0 amide bonds. The Kier molecular flexibility index (Phi) is 5.87. The van der Waals surface area contributed by atoms with Crippen LogP contribution in [0.15, 0.2) is 53.4 Å². The standard InChI is InChI=1S/C16H17Cl2NO2S/c1-12(13-3-2-4-15(18)11-13)19-9-10-22(20,21)16-7-5-14(17)6-8-16/h2-8,11-12,19H,9-10H2,1H3/p+1/t12-/m1/s1. The fraction of sp³-hybridized carbons (Fsp3) is 0.250. The van der Waals surface area contributed by atoms with Gasteiger partial charge in [0, 0.05) is 15.6 Å². The van der Waals surface area contributed by atoms with Crippen molar-refractivity contribution in [3.8, 4) is 0 Å². The van der Waals surface area contributed by atoms with Gasteiger partial charge < -0.3 is 5.32 Å². The van der Waals surface area contributed by atoms with Gasteiger partial charge in [0.15, 0.2) is 9.84 Å². The van der Waals surface area contributed by atoms with Crippen molar-refractivity contribution in [1.82, 2.24) is 0 Å². The van der Waals surface area contributed by atoms with E-state index >= 15 is 0 Å². The predicted octanol–water partition coefficient (Wildman–Crippen LogP) is 3.09. The Balaban J connectivity index is 1.94. The van der Waals surface area contributed by atoms with Crippen LogP contribution in [-0.2, 0) is 9.84 Å². The van der Waals surface area contributed by atoms with E-state index in [1.165, 1.54) is 12.1 Å². The van der Waals surface area contributed by atoms with Crippen LogP contribution < -0.4 is 5.32 Å². The Morgan fingerprint density at radius 2 is 1.73 bits per heavy atom. The first-order chi connectivity index (χ1) is 10.4. The number of halogens is 2. The average Bonchev–Trinajstić information content (AvgIpc) is 2.47. The average molecular weight is 359 g/mol. The molecule has 2 aromatic carbocycles. The second kappa shape index (κ2) is 7.47. The van der Waals surface area contributed by atoms with E-state index in [0.29, 0.717) is 21.5 Å². The number of rotatable bonds is 6. The maximum Gasteiger partial charge on any atom is 0.183 e. The van der Waals surface area contributed by atoms with Crippen molar-refractivity contribution in [2.45, 2.75) is 17.9 Å². The maximum atomic E-state index is 12.2. The monoisotopic (exact) mass is 358 g/mol. The third-order valence-electron chi connectivity index (χ3n) is 3.45. The molecule has 0 unspecified atom stereocenters. The van der Waals surface area contributed by atoms with Crippen LogP contribution in [0.4, 0.5) is 0 Å². The van der Waals surface area contributed by atoms with Gasteiger partial charge in [-0.25, -0.2) is 8.42 Å². The number of sulfone groups is 1. The van der Waals surface area contributed by atoms with Gasteiger partial charge >= 0.3 is 0 Å². The van der Waals surface area contributed by atoms with Gasteiger partial charge in [0.25, 0.3) is 0 Å². The summed E-state index contributed by atoms with van der Waals surface area (Å²) in [5, 5.41) is 3.21. The second-order valence-corrected chi connectivity index (χ2v) is 8.12. The van der Waals surface area contributed by atoms with Gasteiger partial charge in [0.05, 0.1) is 11.4 Å². The molecule has 0 saturated heterocycles. The summed E-state index contributed by atoms with van der Waals surface area (Å²) >= 11 is 11.7. The number of quaternary nitrogens is 1. The van der Waals surface area contributed by atoms with E-state index in [4.69, 9.17) is 23.2 Å². The zero-order chi connectivity index (χ0) is 16.2. The number of hydrogen-bond donors (Lipinski definition) is 1. The van der Waals surface area contributed by atoms with Crippen molar-refractivity contribution in [2.75, 3.05) is 12.3 Å². The summed E-state index contributed by atoms with van der Waals surface area (Å²) in [4.78, 5) is 0.306. The van der Waals surface area contributed by atoms with Crippen molar-refractivity contribution >= 4 is 33.0 Å². The molecule has 0 aliphatic carbocycles. The molecule has 22 heavy (non-hydrogen) atoms. The van der Waals surface area contributed by atoms with Gasteiger partial charge in [0.1, 0.15) is 11.8 Å². The molecular formula is C16H18Cl2NO2S+. The summed E-state index contributed by atoms with van der Waals surface area (Å²) in [5.74, 6) is 0.0829. The fourth-order valence-electron chi connectivity index (χ4n) is 2.16. The molecule has 0 heterocycles. The maximum absolute atomic E-state index is 12.2. The van der Waals surface area contributed by atoms with E-state index in [2.05, 4.69) is 0 Å². The number of hydrogen-bond acceptors (Lipinski definition) is 2. The molecule has 118 valence electrons. The Bertz CT molecular complexity index is 730. The first-order valence-electron chi connectivity index (χ1n) is 6.95. The van der Waals surface area contributed by atoms with Crippen LogP contribution in [0.1, 0.15) is 18.5 Å². The number of nitrogens with two attached hydrogens (primary N) is 1. The number of benzene rings is 2. The summed E-state index contributed by atoms with van der Waals surface area (Å²) in [5.41, 5.74) is 1.08. The summed E-state index contributed by atoms with van der Waals surface area (Å²) in [6.07, 6.45) is 0. The second-order valence-electron chi connectivity index (χ2n) is 5.14. The zero-order valence-corrected chi connectivity index (χ0v) is 14.5. The van der Waals surface area contributed by atoms with E-state index < -0.39 is 9.84 Å². The van der Waals surface area contributed by atoms with Gasteiger partial charge in [-0.05, 0) is 43.3 Å². The van der Waals surface area contributed by atoms with Crippen LogP contribution in [0.3, 0.4) is 0 Å². The summed E-state index contributed by atoms with van der Waals surface area (Å²) in [7, 11) is -3.28. The van der Waals surface area contributed by atoms with Crippen molar-refractivity contribution < 1.29 is 13.7 Å². The minimum atomic E-state index is -3.28. The molecule has 0 aliphatic rings. The third-order valence-corrected chi connectivity index (χ3v) is 5.70. The first kappa shape index (κ1) is 17.3. The van der Waals surface area contributed by atoms with E-state index in [1.54, 1.807) is 12.1 Å². The molecule has 3 nitrogen and oxygen atoms in total. The highest BCUT2D eigenvalue weighted by atomic mass is 35.5. The van der Waals surface area contributed by atoms with Crippen LogP contribution in [0, 0.1) is 0 Å². The lowest BCUT2D eigenvalue weighted by molar-refractivity contribution is -0.689. The van der Waals surface area contributed by atoms with Crippen LogP contribution in [0.2, 0.25) is 10.0 Å². The molecule has 2 rings (SSSR count). The SMILES string of the molecule is C[C@@H]([NH2+]CCS(=O)(=O)c1ccc(Cl)cc1)c1cccc(Cl)c1. The van der Waals surface area contributed by atoms with Gasteiger partial charge in [-0.15, -0.1) is 0 Å². The van der Waals surface area contributed by atoms with E-state index in [1.807, 2.05) is 36.5 Å². The molecule has 0 radical (unpaired) electrons. The van der Waals surface area contributed by atoms with Crippen molar-refractivity contribution in [3.63, 3.8) is 0 Å². The van der Waals surface area contributed by atoms with Crippen LogP contribution in [-0.4, -0.2) is 20.7 Å². The molecule has 1 atom stereocenters. The lowest BCUT2D eigenvalue weighted by Gasteiger charge is -2.11. The van der Waals surface area contributed by atoms with Crippen molar-refractivity contribution in [1.29, 1.82) is 0 Å². The van der Waals surface area contributed by atoms with Gasteiger partial charge in [-0.3, -0.25) is 0 Å². The van der Waals surface area contributed by atoms with Gasteiger partial charge in [-0.1, -0.05) is 35.3 Å². The largest absolute Gasteiger partial charge is 0.339 e. The van der Waals surface area contributed by atoms with Crippen LogP contribution >= 0.6 is 23.2 Å². The lowest BCUT2D eigenvalue weighted by Crippen LogP contribution is -2.85. The molecular weight excluding hydrogens is 341 g/mol. The Morgan fingerprint density at radius 1 is 1.05 bits per heavy atom. The Labute approximate surface area is 141 Å². The quantitative estimate of drug-likeness (QED) is 0.862. The third kappa shape index (κ3) is 4.71. The lowest BCUT2D eigenvalue weighted by atomic mass is 10.1. The molecule has 2 N–H and O–H groups in total. The van der Waals surface area contributed by atoms with Crippen molar-refractivity contribution in [3.05, 3.63) is 64.1 Å². The van der Waals surface area contributed by atoms with E-state index in [0.717, 1.165) is 5.56 Å². The topological polar surface area (TPSA) is 50.8 Å². The minimum absolute atomic E-state index is 0.0829. The molecule has 0 fully saturated rings. The molecule has 0 bridgehead atoms. The van der Waals surface area contributed by atoms with Crippen LogP contribution in [0.5, 0.6) is 0 Å². The summed E-state index contributed by atoms with van der Waals surface area (Å²) < 4.78 is 24.5. The summed E-state index contributed by atoms with van der Waals surface area (Å²) in [6, 6.07) is 14.0. The van der Waals surface area contributed by atoms with E-state index in [9.17, 15) is 8.42 Å². The molecule has 0 spiro atoms. The minimum Gasteiger partial charge on any atom is -0.339 e. The molecule has 6 heteroatoms. The molecule has 0 aromatic heterocycles. The Hall–Kier alpha value is -1.07. The predicted molar refractivity (Wildman–Crippen MR) is 90.2 cm³/mol. The molecule has 2 aromatic rings. The highest BCUT2D eigenvalue weighted by molar-refractivity contribution is 7.91. The fourth-order valence-corrected chi connectivity index (χ4v) is 3.72.